The number of rotatable bonds is 7. The first kappa shape index (κ1) is 19.5. The average Bonchev–Trinajstić information content (AvgIpc) is 2.49. The first-order chi connectivity index (χ1) is 11.6. The molecule has 0 atom stereocenters. The fraction of sp³-hybridized carbons (Fsp3) is 0.478. The molecule has 1 N–H and O–H groups in total. The van der Waals surface area contributed by atoms with E-state index in [0.29, 0.717) is 12.0 Å². The van der Waals surface area contributed by atoms with Gasteiger partial charge in [0.2, 0.25) is 0 Å². The Kier molecular flexibility index (Phi) is 6.29. The zero-order valence-corrected chi connectivity index (χ0v) is 16.6. The molecule has 0 fully saturated rings. The second-order valence-electron chi connectivity index (χ2n) is 8.90. The van der Waals surface area contributed by atoms with Crippen LogP contribution in [0.5, 0.6) is 5.75 Å². The average molecular weight is 340 g/mol. The maximum atomic E-state index is 5.97. The van der Waals surface area contributed by atoms with Gasteiger partial charge in [-0.1, -0.05) is 62.7 Å². The predicted molar refractivity (Wildman–Crippen MR) is 107 cm³/mol. The second-order valence-corrected chi connectivity index (χ2v) is 8.90. The van der Waals surface area contributed by atoms with Gasteiger partial charge in [0, 0.05) is 12.1 Å². The smallest absolute Gasteiger partial charge is 0.120 e. The van der Waals surface area contributed by atoms with Crippen LogP contribution in [0.4, 0.5) is 0 Å². The lowest BCUT2D eigenvalue weighted by Gasteiger charge is -2.33. The number of ether oxygens (including phenoxy) is 1. The summed E-state index contributed by atoms with van der Waals surface area (Å²) in [4.78, 5) is 0. The van der Waals surface area contributed by atoms with Gasteiger partial charge in [0.15, 0.2) is 0 Å². The van der Waals surface area contributed by atoms with Crippen molar-refractivity contribution >= 4 is 0 Å². The molecule has 0 heterocycles. The van der Waals surface area contributed by atoms with Crippen molar-refractivity contribution in [3.8, 4) is 5.75 Å². The quantitative estimate of drug-likeness (QED) is 0.680. The van der Waals surface area contributed by atoms with Crippen LogP contribution >= 0.6 is 0 Å². The van der Waals surface area contributed by atoms with Gasteiger partial charge in [0.25, 0.3) is 0 Å². The summed E-state index contributed by atoms with van der Waals surface area (Å²) in [6.07, 6.45) is 1.13. The highest BCUT2D eigenvalue weighted by Gasteiger charge is 2.24. The normalized spacial score (nSPS) is 12.2. The fourth-order valence-corrected chi connectivity index (χ4v) is 3.44. The molecule has 2 rings (SSSR count). The minimum atomic E-state index is 0.108. The first-order valence-electron chi connectivity index (χ1n) is 9.15. The lowest BCUT2D eigenvalue weighted by molar-refractivity contribution is 0.240. The topological polar surface area (TPSA) is 21.3 Å². The third-order valence-corrected chi connectivity index (χ3v) is 4.13. The summed E-state index contributed by atoms with van der Waals surface area (Å²) in [5, 5.41) is 3.68. The van der Waals surface area contributed by atoms with Crippen LogP contribution in [-0.4, -0.2) is 5.54 Å². The monoisotopic (exact) mass is 339 g/mol. The van der Waals surface area contributed by atoms with Crippen LogP contribution in [0.15, 0.2) is 48.5 Å². The van der Waals surface area contributed by atoms with Gasteiger partial charge in [-0.3, -0.25) is 0 Å². The van der Waals surface area contributed by atoms with Crippen molar-refractivity contribution in [3.63, 3.8) is 0 Å². The van der Waals surface area contributed by atoms with Gasteiger partial charge >= 0.3 is 0 Å². The molecule has 0 saturated heterocycles. The van der Waals surface area contributed by atoms with E-state index < -0.39 is 0 Å². The maximum absolute atomic E-state index is 5.97. The summed E-state index contributed by atoms with van der Waals surface area (Å²) >= 11 is 0. The molecular formula is C23H33NO. The molecule has 0 bridgehead atoms. The Labute approximate surface area is 153 Å². The van der Waals surface area contributed by atoms with Crippen LogP contribution in [0.1, 0.15) is 57.7 Å². The number of aryl methyl sites for hydroxylation is 1. The second kappa shape index (κ2) is 8.05. The van der Waals surface area contributed by atoms with Gasteiger partial charge in [0.1, 0.15) is 12.4 Å². The minimum Gasteiger partial charge on any atom is -0.489 e. The van der Waals surface area contributed by atoms with Crippen molar-refractivity contribution < 1.29 is 4.74 Å². The summed E-state index contributed by atoms with van der Waals surface area (Å²) in [5.74, 6) is 0.925. The first-order valence-corrected chi connectivity index (χ1v) is 9.15. The molecule has 136 valence electrons. The van der Waals surface area contributed by atoms with Gasteiger partial charge in [-0.25, -0.2) is 0 Å². The van der Waals surface area contributed by atoms with Crippen molar-refractivity contribution in [1.29, 1.82) is 0 Å². The molecule has 0 unspecified atom stereocenters. The zero-order valence-electron chi connectivity index (χ0n) is 16.6. The van der Waals surface area contributed by atoms with Crippen LogP contribution in [0.2, 0.25) is 0 Å². The maximum Gasteiger partial charge on any atom is 0.120 e. The molecule has 2 aromatic carbocycles. The Morgan fingerprint density at radius 1 is 0.880 bits per heavy atom. The largest absolute Gasteiger partial charge is 0.489 e. The van der Waals surface area contributed by atoms with Crippen molar-refractivity contribution in [2.24, 2.45) is 5.41 Å². The molecule has 0 spiro atoms. The summed E-state index contributed by atoms with van der Waals surface area (Å²) in [7, 11) is 0. The van der Waals surface area contributed by atoms with Crippen molar-refractivity contribution in [2.45, 2.75) is 66.7 Å². The van der Waals surface area contributed by atoms with Gasteiger partial charge in [-0.2, -0.15) is 0 Å². The van der Waals surface area contributed by atoms with Gasteiger partial charge in [-0.05, 0) is 55.9 Å². The highest BCUT2D eigenvalue weighted by atomic mass is 16.5. The number of benzene rings is 2. The molecular weight excluding hydrogens is 306 g/mol. The molecule has 0 radical (unpaired) electrons. The Morgan fingerprint density at radius 2 is 1.56 bits per heavy atom. The molecule has 0 aliphatic heterocycles. The van der Waals surface area contributed by atoms with Crippen molar-refractivity contribution in [2.75, 3.05) is 0 Å². The van der Waals surface area contributed by atoms with Crippen molar-refractivity contribution in [3.05, 3.63) is 65.2 Å². The number of nitrogens with one attached hydrogen (secondary N) is 1. The third kappa shape index (κ3) is 7.31. The number of hydrogen-bond acceptors (Lipinski definition) is 2. The van der Waals surface area contributed by atoms with E-state index in [2.05, 4.69) is 89.3 Å². The van der Waals surface area contributed by atoms with E-state index in [9.17, 15) is 0 Å². The molecule has 0 aliphatic carbocycles. The predicted octanol–water partition coefficient (Wildman–Crippen LogP) is 5.88. The molecule has 0 saturated carbocycles. The standard InChI is InChI=1S/C23H33NO/c1-18-9-7-11-20(13-18)16-25-21-12-8-10-19(14-21)15-24-23(5,6)17-22(2,3)4/h7-14,24H,15-17H2,1-6H3. The van der Waals surface area contributed by atoms with Crippen LogP contribution in [0.25, 0.3) is 0 Å². The Bertz CT molecular complexity index is 682. The van der Waals surface area contributed by atoms with Gasteiger partial charge in [-0.15, -0.1) is 0 Å². The SMILES string of the molecule is Cc1cccc(COc2cccc(CNC(C)(C)CC(C)(C)C)c2)c1. The highest BCUT2D eigenvalue weighted by molar-refractivity contribution is 5.29. The molecule has 25 heavy (non-hydrogen) atoms. The Balaban J connectivity index is 1.92. The summed E-state index contributed by atoms with van der Waals surface area (Å²) in [6, 6.07) is 16.8. The summed E-state index contributed by atoms with van der Waals surface area (Å²) in [6.45, 7) is 15.0. The van der Waals surface area contributed by atoms with Crippen molar-refractivity contribution in [1.82, 2.24) is 5.32 Å². The third-order valence-electron chi connectivity index (χ3n) is 4.13. The number of hydrogen-bond donors (Lipinski definition) is 1. The molecule has 0 aromatic heterocycles. The fourth-order valence-electron chi connectivity index (χ4n) is 3.44. The lowest BCUT2D eigenvalue weighted by atomic mass is 9.82. The summed E-state index contributed by atoms with van der Waals surface area (Å²) in [5.41, 5.74) is 4.14. The minimum absolute atomic E-state index is 0.108. The van der Waals surface area contributed by atoms with E-state index >= 15 is 0 Å². The van der Waals surface area contributed by atoms with E-state index in [1.54, 1.807) is 0 Å². The van der Waals surface area contributed by atoms with E-state index in [1.165, 1.54) is 16.7 Å². The van der Waals surface area contributed by atoms with E-state index in [1.807, 2.05) is 6.07 Å². The molecule has 2 heteroatoms. The van der Waals surface area contributed by atoms with Crippen LogP contribution in [-0.2, 0) is 13.2 Å². The van der Waals surface area contributed by atoms with E-state index in [-0.39, 0.29) is 5.54 Å². The lowest BCUT2D eigenvalue weighted by Crippen LogP contribution is -2.41. The van der Waals surface area contributed by atoms with Gasteiger partial charge < -0.3 is 10.1 Å². The Morgan fingerprint density at radius 3 is 2.24 bits per heavy atom. The molecule has 0 amide bonds. The molecule has 2 nitrogen and oxygen atoms in total. The summed E-state index contributed by atoms with van der Waals surface area (Å²) < 4.78 is 5.97. The van der Waals surface area contributed by atoms with Gasteiger partial charge in [0.05, 0.1) is 0 Å². The van der Waals surface area contributed by atoms with E-state index in [4.69, 9.17) is 4.74 Å². The zero-order chi connectivity index (χ0) is 18.5. The Hall–Kier alpha value is -1.80. The van der Waals surface area contributed by atoms with Crippen LogP contribution in [0.3, 0.4) is 0 Å². The molecule has 0 aliphatic rings. The van der Waals surface area contributed by atoms with Crippen LogP contribution in [0, 0.1) is 12.3 Å². The highest BCUT2D eigenvalue weighted by Crippen LogP contribution is 2.27. The van der Waals surface area contributed by atoms with Crippen LogP contribution < -0.4 is 10.1 Å². The molecule has 2 aromatic rings. The van der Waals surface area contributed by atoms with E-state index in [0.717, 1.165) is 18.7 Å².